The van der Waals surface area contributed by atoms with Gasteiger partial charge in [-0.2, -0.15) is 5.10 Å². The van der Waals surface area contributed by atoms with Crippen LogP contribution in [0.4, 0.5) is 0 Å². The minimum Gasteiger partial charge on any atom is -0.318 e. The van der Waals surface area contributed by atoms with Gasteiger partial charge in [0.15, 0.2) is 0 Å². The summed E-state index contributed by atoms with van der Waals surface area (Å²) in [6.45, 7) is 4.90. The summed E-state index contributed by atoms with van der Waals surface area (Å²) in [6.07, 6.45) is 1.86. The van der Waals surface area contributed by atoms with Crippen LogP contribution < -0.4 is 5.32 Å². The standard InChI is InChI=1S/C8H14ClN3/c1-6(4-10-3)12-5-8(9)7(2)11-12/h5-6,10H,4H2,1-3H3. The number of aryl methyl sites for hydroxylation is 1. The minimum absolute atomic E-state index is 0.348. The first-order valence-corrected chi connectivity index (χ1v) is 4.38. The molecule has 0 amide bonds. The van der Waals surface area contributed by atoms with E-state index in [1.165, 1.54) is 0 Å². The molecular formula is C8H14ClN3. The Morgan fingerprint density at radius 3 is 2.83 bits per heavy atom. The molecular weight excluding hydrogens is 174 g/mol. The fraction of sp³-hybridized carbons (Fsp3) is 0.625. The Bertz CT molecular complexity index is 237. The molecule has 0 fully saturated rings. The molecule has 0 aliphatic heterocycles. The van der Waals surface area contributed by atoms with E-state index in [9.17, 15) is 0 Å². The first-order valence-electron chi connectivity index (χ1n) is 4.01. The molecule has 0 aromatic carbocycles. The molecule has 1 N–H and O–H groups in total. The maximum absolute atomic E-state index is 5.87. The van der Waals surface area contributed by atoms with Gasteiger partial charge in [-0.3, -0.25) is 4.68 Å². The molecule has 0 saturated carbocycles. The third-order valence-corrected chi connectivity index (χ3v) is 2.18. The Labute approximate surface area is 77.7 Å². The second kappa shape index (κ2) is 3.92. The van der Waals surface area contributed by atoms with Gasteiger partial charge >= 0.3 is 0 Å². The fourth-order valence-electron chi connectivity index (χ4n) is 1.07. The highest BCUT2D eigenvalue weighted by molar-refractivity contribution is 6.31. The van der Waals surface area contributed by atoms with Crippen LogP contribution in [0.3, 0.4) is 0 Å². The summed E-state index contributed by atoms with van der Waals surface area (Å²) in [6, 6.07) is 0.348. The number of rotatable bonds is 3. The van der Waals surface area contributed by atoms with Crippen LogP contribution in [0, 0.1) is 6.92 Å². The number of hydrogen-bond donors (Lipinski definition) is 1. The molecule has 0 radical (unpaired) electrons. The largest absolute Gasteiger partial charge is 0.318 e. The van der Waals surface area contributed by atoms with Gasteiger partial charge < -0.3 is 5.32 Å². The van der Waals surface area contributed by atoms with Gasteiger partial charge in [-0.25, -0.2) is 0 Å². The molecule has 4 heteroatoms. The van der Waals surface area contributed by atoms with Crippen molar-refractivity contribution in [1.29, 1.82) is 0 Å². The van der Waals surface area contributed by atoms with Crippen LogP contribution in [0.15, 0.2) is 6.20 Å². The third-order valence-electron chi connectivity index (χ3n) is 1.81. The van der Waals surface area contributed by atoms with Crippen molar-refractivity contribution in [3.63, 3.8) is 0 Å². The van der Waals surface area contributed by atoms with Gasteiger partial charge in [-0.1, -0.05) is 11.6 Å². The third kappa shape index (κ3) is 1.99. The average Bonchev–Trinajstić information content (AvgIpc) is 2.33. The molecule has 68 valence electrons. The quantitative estimate of drug-likeness (QED) is 0.780. The molecule has 0 spiro atoms. The Balaban J connectivity index is 2.74. The summed E-state index contributed by atoms with van der Waals surface area (Å²) in [5, 5.41) is 8.10. The zero-order valence-electron chi connectivity index (χ0n) is 7.63. The summed E-state index contributed by atoms with van der Waals surface area (Å²) >= 11 is 5.87. The normalized spacial score (nSPS) is 13.3. The van der Waals surface area contributed by atoms with E-state index < -0.39 is 0 Å². The maximum atomic E-state index is 5.87. The van der Waals surface area contributed by atoms with E-state index in [2.05, 4.69) is 17.3 Å². The van der Waals surface area contributed by atoms with E-state index in [1.54, 1.807) is 0 Å². The summed E-state index contributed by atoms with van der Waals surface area (Å²) in [7, 11) is 1.93. The number of nitrogens with zero attached hydrogens (tertiary/aromatic N) is 2. The van der Waals surface area contributed by atoms with E-state index in [-0.39, 0.29) is 0 Å². The maximum Gasteiger partial charge on any atom is 0.0815 e. The molecule has 0 bridgehead atoms. The first kappa shape index (κ1) is 9.55. The van der Waals surface area contributed by atoms with Gasteiger partial charge in [0, 0.05) is 12.7 Å². The van der Waals surface area contributed by atoms with E-state index in [0.29, 0.717) is 6.04 Å². The summed E-state index contributed by atoms with van der Waals surface area (Å²) in [4.78, 5) is 0. The molecule has 1 unspecified atom stereocenters. The van der Waals surface area contributed by atoms with Gasteiger partial charge in [0.1, 0.15) is 0 Å². The monoisotopic (exact) mass is 187 g/mol. The van der Waals surface area contributed by atoms with Gasteiger partial charge in [0.2, 0.25) is 0 Å². The fourth-order valence-corrected chi connectivity index (χ4v) is 1.21. The lowest BCUT2D eigenvalue weighted by Gasteiger charge is -2.10. The van der Waals surface area contributed by atoms with Gasteiger partial charge in [0.25, 0.3) is 0 Å². The van der Waals surface area contributed by atoms with Crippen LogP contribution in [0.5, 0.6) is 0 Å². The van der Waals surface area contributed by atoms with Gasteiger partial charge in [-0.15, -0.1) is 0 Å². The molecule has 1 aromatic rings. The van der Waals surface area contributed by atoms with E-state index in [1.807, 2.05) is 24.9 Å². The van der Waals surface area contributed by atoms with Crippen LogP contribution >= 0.6 is 11.6 Å². The molecule has 1 heterocycles. The predicted octanol–water partition coefficient (Wildman–Crippen LogP) is 1.63. The Kier molecular flexibility index (Phi) is 3.12. The van der Waals surface area contributed by atoms with Crippen LogP contribution in [-0.2, 0) is 0 Å². The van der Waals surface area contributed by atoms with Gasteiger partial charge in [-0.05, 0) is 20.9 Å². The van der Waals surface area contributed by atoms with E-state index in [4.69, 9.17) is 11.6 Å². The lowest BCUT2D eigenvalue weighted by atomic mass is 10.3. The zero-order chi connectivity index (χ0) is 9.14. The number of halogens is 1. The van der Waals surface area contributed by atoms with Crippen LogP contribution in [0.1, 0.15) is 18.7 Å². The van der Waals surface area contributed by atoms with Crippen molar-refractivity contribution in [2.45, 2.75) is 19.9 Å². The summed E-state index contributed by atoms with van der Waals surface area (Å²) < 4.78 is 1.88. The Hall–Kier alpha value is -0.540. The van der Waals surface area contributed by atoms with Crippen molar-refractivity contribution in [1.82, 2.24) is 15.1 Å². The number of likely N-dealkylation sites (N-methyl/N-ethyl adjacent to an activating group) is 1. The zero-order valence-corrected chi connectivity index (χ0v) is 8.39. The molecule has 0 saturated heterocycles. The number of aromatic nitrogens is 2. The molecule has 0 aliphatic rings. The molecule has 1 atom stereocenters. The lowest BCUT2D eigenvalue weighted by Crippen LogP contribution is -2.20. The second-order valence-electron chi connectivity index (χ2n) is 2.95. The topological polar surface area (TPSA) is 29.9 Å². The molecule has 12 heavy (non-hydrogen) atoms. The number of nitrogens with one attached hydrogen (secondary N) is 1. The SMILES string of the molecule is CNCC(C)n1cc(Cl)c(C)n1. The summed E-state index contributed by atoms with van der Waals surface area (Å²) in [5.74, 6) is 0. The summed E-state index contributed by atoms with van der Waals surface area (Å²) in [5.41, 5.74) is 0.889. The smallest absolute Gasteiger partial charge is 0.0815 e. The molecule has 0 aliphatic carbocycles. The van der Waals surface area contributed by atoms with Crippen molar-refractivity contribution in [2.75, 3.05) is 13.6 Å². The van der Waals surface area contributed by atoms with Crippen molar-refractivity contribution in [3.8, 4) is 0 Å². The van der Waals surface area contributed by atoms with Crippen LogP contribution in [0.2, 0.25) is 5.02 Å². The van der Waals surface area contributed by atoms with Crippen LogP contribution in [-0.4, -0.2) is 23.4 Å². The minimum atomic E-state index is 0.348. The highest BCUT2D eigenvalue weighted by Gasteiger charge is 2.07. The van der Waals surface area contributed by atoms with E-state index >= 15 is 0 Å². The van der Waals surface area contributed by atoms with Crippen molar-refractivity contribution in [2.24, 2.45) is 0 Å². The lowest BCUT2D eigenvalue weighted by molar-refractivity contribution is 0.469. The van der Waals surface area contributed by atoms with E-state index in [0.717, 1.165) is 17.3 Å². The van der Waals surface area contributed by atoms with Crippen LogP contribution in [0.25, 0.3) is 0 Å². The molecule has 1 aromatic heterocycles. The second-order valence-corrected chi connectivity index (χ2v) is 3.36. The number of hydrogen-bond acceptors (Lipinski definition) is 2. The van der Waals surface area contributed by atoms with Crippen molar-refractivity contribution < 1.29 is 0 Å². The molecule has 3 nitrogen and oxygen atoms in total. The Morgan fingerprint density at radius 2 is 2.42 bits per heavy atom. The predicted molar refractivity (Wildman–Crippen MR) is 50.6 cm³/mol. The van der Waals surface area contributed by atoms with Crippen molar-refractivity contribution >= 4 is 11.6 Å². The average molecular weight is 188 g/mol. The van der Waals surface area contributed by atoms with Gasteiger partial charge in [0.05, 0.1) is 16.8 Å². The molecule has 1 rings (SSSR count). The Morgan fingerprint density at radius 1 is 1.75 bits per heavy atom. The van der Waals surface area contributed by atoms with Crippen molar-refractivity contribution in [3.05, 3.63) is 16.9 Å². The highest BCUT2D eigenvalue weighted by atomic mass is 35.5. The first-order chi connectivity index (χ1) is 5.65. The highest BCUT2D eigenvalue weighted by Crippen LogP contribution is 2.15.